The molecule has 7 nitrogen and oxygen atoms in total. The minimum absolute atomic E-state index is 0.197. The second kappa shape index (κ2) is 7.49. The highest BCUT2D eigenvalue weighted by Gasteiger charge is 2.26. The van der Waals surface area contributed by atoms with Crippen molar-refractivity contribution in [3.05, 3.63) is 65.6 Å². The van der Waals surface area contributed by atoms with E-state index in [0.717, 1.165) is 17.0 Å². The van der Waals surface area contributed by atoms with Crippen LogP contribution in [-0.2, 0) is 6.54 Å². The summed E-state index contributed by atoms with van der Waals surface area (Å²) in [5, 5.41) is 9.87. The smallest absolute Gasteiger partial charge is 0.272 e. The Hall–Kier alpha value is -3.35. The molecule has 138 valence electrons. The SMILES string of the molecule is COc1ccc(Oc2ccc(CNC(=O)c3cc(C4CC4)[nH]n3)cn2)cc1. The van der Waals surface area contributed by atoms with Gasteiger partial charge in [0, 0.05) is 30.4 Å². The molecule has 0 spiro atoms. The van der Waals surface area contributed by atoms with E-state index in [1.165, 1.54) is 12.8 Å². The van der Waals surface area contributed by atoms with Gasteiger partial charge >= 0.3 is 0 Å². The summed E-state index contributed by atoms with van der Waals surface area (Å²) in [4.78, 5) is 16.5. The van der Waals surface area contributed by atoms with Crippen molar-refractivity contribution < 1.29 is 14.3 Å². The maximum absolute atomic E-state index is 12.2. The molecular weight excluding hydrogens is 344 g/mol. The van der Waals surface area contributed by atoms with Gasteiger partial charge in [-0.15, -0.1) is 0 Å². The largest absolute Gasteiger partial charge is 0.497 e. The van der Waals surface area contributed by atoms with E-state index in [0.29, 0.717) is 29.8 Å². The lowest BCUT2D eigenvalue weighted by molar-refractivity contribution is 0.0946. The molecule has 0 atom stereocenters. The van der Waals surface area contributed by atoms with Crippen molar-refractivity contribution in [1.29, 1.82) is 0 Å². The summed E-state index contributed by atoms with van der Waals surface area (Å²) >= 11 is 0. The van der Waals surface area contributed by atoms with Gasteiger partial charge in [-0.25, -0.2) is 4.98 Å². The maximum atomic E-state index is 12.2. The average molecular weight is 364 g/mol. The number of ether oxygens (including phenoxy) is 2. The van der Waals surface area contributed by atoms with Crippen molar-refractivity contribution in [1.82, 2.24) is 20.5 Å². The lowest BCUT2D eigenvalue weighted by atomic mass is 10.2. The number of H-pyrrole nitrogens is 1. The van der Waals surface area contributed by atoms with Crippen LogP contribution in [0.2, 0.25) is 0 Å². The third-order valence-corrected chi connectivity index (χ3v) is 4.38. The first kappa shape index (κ1) is 17.1. The maximum Gasteiger partial charge on any atom is 0.272 e. The Kier molecular flexibility index (Phi) is 4.74. The summed E-state index contributed by atoms with van der Waals surface area (Å²) in [7, 11) is 1.62. The number of hydrogen-bond donors (Lipinski definition) is 2. The van der Waals surface area contributed by atoms with Crippen LogP contribution in [0.4, 0.5) is 0 Å². The molecule has 3 aromatic rings. The number of nitrogens with one attached hydrogen (secondary N) is 2. The summed E-state index contributed by atoms with van der Waals surface area (Å²) in [5.74, 6) is 2.27. The third kappa shape index (κ3) is 4.25. The molecule has 0 aliphatic heterocycles. The van der Waals surface area contributed by atoms with E-state index < -0.39 is 0 Å². The highest BCUT2D eigenvalue weighted by Crippen LogP contribution is 2.38. The zero-order valence-electron chi connectivity index (χ0n) is 14.9. The second-order valence-corrected chi connectivity index (χ2v) is 6.45. The van der Waals surface area contributed by atoms with E-state index in [9.17, 15) is 4.79 Å². The predicted octanol–water partition coefficient (Wildman–Crippen LogP) is 3.41. The molecule has 1 aliphatic rings. The molecule has 2 N–H and O–H groups in total. The lowest BCUT2D eigenvalue weighted by Crippen LogP contribution is -2.23. The number of carbonyl (C=O) groups is 1. The van der Waals surface area contributed by atoms with Gasteiger partial charge in [-0.1, -0.05) is 6.07 Å². The zero-order valence-corrected chi connectivity index (χ0v) is 14.9. The van der Waals surface area contributed by atoms with Crippen molar-refractivity contribution in [3.8, 4) is 17.4 Å². The Morgan fingerprint density at radius 1 is 1.19 bits per heavy atom. The summed E-state index contributed by atoms with van der Waals surface area (Å²) in [6.07, 6.45) is 4.01. The summed E-state index contributed by atoms with van der Waals surface area (Å²) in [5.41, 5.74) is 2.34. The zero-order chi connectivity index (χ0) is 18.6. The predicted molar refractivity (Wildman–Crippen MR) is 99.0 cm³/mol. The molecule has 7 heteroatoms. The van der Waals surface area contributed by atoms with E-state index in [4.69, 9.17) is 9.47 Å². The first-order valence-corrected chi connectivity index (χ1v) is 8.81. The van der Waals surface area contributed by atoms with E-state index >= 15 is 0 Å². The van der Waals surface area contributed by atoms with Crippen LogP contribution in [0, 0.1) is 0 Å². The molecule has 4 rings (SSSR count). The quantitative estimate of drug-likeness (QED) is 0.671. The van der Waals surface area contributed by atoms with Gasteiger partial charge in [0.05, 0.1) is 7.11 Å². The van der Waals surface area contributed by atoms with Crippen molar-refractivity contribution in [2.24, 2.45) is 0 Å². The van der Waals surface area contributed by atoms with Crippen molar-refractivity contribution in [2.75, 3.05) is 7.11 Å². The summed E-state index contributed by atoms with van der Waals surface area (Å²) in [6, 6.07) is 12.7. The summed E-state index contributed by atoms with van der Waals surface area (Å²) < 4.78 is 10.8. The number of carbonyl (C=O) groups excluding carboxylic acids is 1. The van der Waals surface area contributed by atoms with Gasteiger partial charge in [-0.3, -0.25) is 9.89 Å². The van der Waals surface area contributed by atoms with Crippen molar-refractivity contribution >= 4 is 5.91 Å². The number of nitrogens with zero attached hydrogens (tertiary/aromatic N) is 2. The first-order chi connectivity index (χ1) is 13.2. The molecule has 0 unspecified atom stereocenters. The van der Waals surface area contributed by atoms with Crippen LogP contribution in [0.1, 0.15) is 40.5 Å². The van der Waals surface area contributed by atoms with E-state index in [2.05, 4.69) is 20.5 Å². The van der Waals surface area contributed by atoms with Crippen LogP contribution >= 0.6 is 0 Å². The molecule has 2 aromatic heterocycles. The number of amides is 1. The second-order valence-electron chi connectivity index (χ2n) is 6.45. The Bertz CT molecular complexity index is 915. The number of aromatic amines is 1. The Morgan fingerprint density at radius 3 is 2.63 bits per heavy atom. The van der Waals surface area contributed by atoms with Crippen molar-refractivity contribution in [3.63, 3.8) is 0 Å². The fourth-order valence-electron chi connectivity index (χ4n) is 2.67. The highest BCUT2D eigenvalue weighted by atomic mass is 16.5. The highest BCUT2D eigenvalue weighted by molar-refractivity contribution is 5.92. The molecule has 0 bridgehead atoms. The minimum atomic E-state index is -0.197. The molecule has 0 radical (unpaired) electrons. The van der Waals surface area contributed by atoms with Crippen LogP contribution in [0.3, 0.4) is 0 Å². The van der Waals surface area contributed by atoms with Gasteiger partial charge in [0.1, 0.15) is 17.2 Å². The van der Waals surface area contributed by atoms with Gasteiger partial charge in [-0.05, 0) is 48.7 Å². The molecule has 1 aliphatic carbocycles. The molecule has 2 heterocycles. The molecule has 1 fully saturated rings. The van der Waals surface area contributed by atoms with Crippen molar-refractivity contribution in [2.45, 2.75) is 25.3 Å². The summed E-state index contributed by atoms with van der Waals surface area (Å²) in [6.45, 7) is 0.375. The van der Waals surface area contributed by atoms with Gasteiger partial charge in [-0.2, -0.15) is 5.10 Å². The molecule has 1 aromatic carbocycles. The number of benzene rings is 1. The Balaban J connectivity index is 1.30. The van der Waals surface area contributed by atoms with Gasteiger partial charge in [0.2, 0.25) is 5.88 Å². The van der Waals surface area contributed by atoms with Gasteiger partial charge < -0.3 is 14.8 Å². The number of pyridine rings is 1. The normalized spacial score (nSPS) is 13.2. The molecule has 0 saturated heterocycles. The number of methoxy groups -OCH3 is 1. The third-order valence-electron chi connectivity index (χ3n) is 4.38. The molecular formula is C20H20N4O3. The fraction of sp³-hybridized carbons (Fsp3) is 0.250. The van der Waals surface area contributed by atoms with Crippen LogP contribution < -0.4 is 14.8 Å². The van der Waals surface area contributed by atoms with Crippen LogP contribution in [-0.4, -0.2) is 28.2 Å². The molecule has 27 heavy (non-hydrogen) atoms. The van der Waals surface area contributed by atoms with Crippen LogP contribution in [0.25, 0.3) is 0 Å². The van der Waals surface area contributed by atoms with Crippen LogP contribution in [0.15, 0.2) is 48.7 Å². The Morgan fingerprint density at radius 2 is 1.96 bits per heavy atom. The van der Waals surface area contributed by atoms with Gasteiger partial charge in [0.25, 0.3) is 5.91 Å². The van der Waals surface area contributed by atoms with E-state index in [-0.39, 0.29) is 5.91 Å². The molecule has 1 amide bonds. The average Bonchev–Trinajstić information content (AvgIpc) is 3.44. The van der Waals surface area contributed by atoms with Gasteiger partial charge in [0.15, 0.2) is 0 Å². The lowest BCUT2D eigenvalue weighted by Gasteiger charge is -2.07. The first-order valence-electron chi connectivity index (χ1n) is 8.81. The van der Waals surface area contributed by atoms with E-state index in [1.54, 1.807) is 19.4 Å². The Labute approximate surface area is 156 Å². The monoisotopic (exact) mass is 364 g/mol. The topological polar surface area (TPSA) is 89.1 Å². The number of aromatic nitrogens is 3. The number of hydrogen-bond acceptors (Lipinski definition) is 5. The number of rotatable bonds is 7. The molecule has 1 saturated carbocycles. The van der Waals surface area contributed by atoms with Crippen LogP contribution in [0.5, 0.6) is 17.4 Å². The van der Waals surface area contributed by atoms with E-state index in [1.807, 2.05) is 36.4 Å². The minimum Gasteiger partial charge on any atom is -0.497 e. The standard InChI is InChI=1S/C20H20N4O3/c1-26-15-5-7-16(8-6-15)27-19-9-2-13(11-21-19)12-22-20(25)18-10-17(23-24-18)14-3-4-14/h2,5-11,14H,3-4,12H2,1H3,(H,22,25)(H,23,24). The fourth-order valence-corrected chi connectivity index (χ4v) is 2.67.